The van der Waals surface area contributed by atoms with Crippen LogP contribution in [0.25, 0.3) is 17.4 Å². The molecule has 1 aliphatic heterocycles. The van der Waals surface area contributed by atoms with E-state index in [2.05, 4.69) is 21.2 Å². The number of carboxylic acid groups (broad SMARTS) is 2. The molecule has 2 aromatic carbocycles. The molecule has 0 spiro atoms. The lowest BCUT2D eigenvalue weighted by Gasteiger charge is -2.12. The highest BCUT2D eigenvalue weighted by molar-refractivity contribution is 9.10. The van der Waals surface area contributed by atoms with Gasteiger partial charge in [-0.15, -0.1) is 0 Å². The van der Waals surface area contributed by atoms with Gasteiger partial charge in [0.25, 0.3) is 11.1 Å². The molecule has 36 heavy (non-hydrogen) atoms. The molecule has 12 heteroatoms. The van der Waals surface area contributed by atoms with Gasteiger partial charge in [-0.25, -0.2) is 9.59 Å². The molecular weight excluding hydrogens is 556 g/mol. The van der Waals surface area contributed by atoms with Gasteiger partial charge in [-0.3, -0.25) is 19.3 Å². The third-order valence-corrected chi connectivity index (χ3v) is 6.35. The molecule has 3 aromatic rings. The maximum absolute atomic E-state index is 12.7. The van der Waals surface area contributed by atoms with Crippen LogP contribution in [-0.2, 0) is 9.59 Å². The number of benzene rings is 2. The molecule has 0 aliphatic carbocycles. The predicted octanol–water partition coefficient (Wildman–Crippen LogP) is 4.78. The highest BCUT2D eigenvalue weighted by Crippen LogP contribution is 2.33. The van der Waals surface area contributed by atoms with Gasteiger partial charge in [0.05, 0.1) is 16.0 Å². The molecular formula is C24H15BrN2O8S. The number of nitrogens with one attached hydrogen (secondary N) is 1. The van der Waals surface area contributed by atoms with Crippen LogP contribution >= 0.6 is 27.7 Å². The zero-order chi connectivity index (χ0) is 26.0. The van der Waals surface area contributed by atoms with Crippen LogP contribution in [0.1, 0.15) is 26.5 Å². The molecule has 1 saturated heterocycles. The van der Waals surface area contributed by atoms with Gasteiger partial charge in [-0.1, -0.05) is 15.9 Å². The van der Waals surface area contributed by atoms with Crippen molar-refractivity contribution in [3.8, 4) is 11.3 Å². The highest BCUT2D eigenvalue weighted by atomic mass is 79.9. The fraction of sp³-hybridized carbons (Fsp3) is 0.0417. The third kappa shape index (κ3) is 5.56. The Bertz CT molecular complexity index is 1410. The monoisotopic (exact) mass is 570 g/mol. The molecule has 4 rings (SSSR count). The number of amides is 3. The summed E-state index contributed by atoms with van der Waals surface area (Å²) in [5, 5.41) is 20.5. The summed E-state index contributed by atoms with van der Waals surface area (Å²) >= 11 is 3.93. The van der Waals surface area contributed by atoms with Crippen LogP contribution in [0.3, 0.4) is 0 Å². The highest BCUT2D eigenvalue weighted by Gasteiger charge is 2.36. The van der Waals surface area contributed by atoms with Crippen LogP contribution in [0.5, 0.6) is 0 Å². The van der Waals surface area contributed by atoms with Gasteiger partial charge in [-0.05, 0) is 66.4 Å². The first-order chi connectivity index (χ1) is 17.1. The van der Waals surface area contributed by atoms with E-state index in [0.29, 0.717) is 17.4 Å². The number of thioether (sulfide) groups is 1. The number of imide groups is 1. The Hall–Kier alpha value is -4.16. The first-order valence-corrected chi connectivity index (χ1v) is 11.7. The van der Waals surface area contributed by atoms with E-state index < -0.39 is 35.5 Å². The van der Waals surface area contributed by atoms with E-state index >= 15 is 0 Å². The summed E-state index contributed by atoms with van der Waals surface area (Å²) < 4.78 is 6.48. The molecule has 2 heterocycles. The minimum absolute atomic E-state index is 0.0304. The second-order valence-electron chi connectivity index (χ2n) is 7.43. The third-order valence-electron chi connectivity index (χ3n) is 4.91. The number of carbonyl (C=O) groups is 5. The lowest BCUT2D eigenvalue weighted by molar-refractivity contribution is -0.127. The van der Waals surface area contributed by atoms with E-state index in [0.717, 1.165) is 15.4 Å². The van der Waals surface area contributed by atoms with Crippen LogP contribution < -0.4 is 5.32 Å². The molecule has 10 nitrogen and oxygen atoms in total. The molecule has 1 fully saturated rings. The quantitative estimate of drug-likeness (QED) is 0.340. The zero-order valence-electron chi connectivity index (χ0n) is 18.1. The van der Waals surface area contributed by atoms with Gasteiger partial charge in [-0.2, -0.15) is 0 Å². The van der Waals surface area contributed by atoms with Crippen LogP contribution in [0.15, 0.2) is 68.4 Å². The van der Waals surface area contributed by atoms with Crippen molar-refractivity contribution in [1.29, 1.82) is 0 Å². The van der Waals surface area contributed by atoms with Crippen molar-refractivity contribution < 1.29 is 38.6 Å². The number of furan rings is 1. The van der Waals surface area contributed by atoms with Crippen molar-refractivity contribution >= 4 is 68.4 Å². The summed E-state index contributed by atoms with van der Waals surface area (Å²) in [4.78, 5) is 60.9. The van der Waals surface area contributed by atoms with E-state index in [1.54, 1.807) is 24.3 Å². The summed E-state index contributed by atoms with van der Waals surface area (Å²) in [5.41, 5.74) is 0.257. The Balaban J connectivity index is 1.50. The standard InChI is InChI=1S/C24H15BrN2O8S/c25-15-1-3-16(4-2-15)26-20(28)11-27-21(29)19(36-24(27)34)10-17-5-6-18(35-17)12-7-13(22(30)31)9-14(8-12)23(32)33/h1-10H,11H2,(H,26,28)(H,30,31)(H,32,33)/b19-10+. The van der Waals surface area contributed by atoms with Crippen molar-refractivity contribution in [3.63, 3.8) is 0 Å². The summed E-state index contributed by atoms with van der Waals surface area (Å²) in [6, 6.07) is 13.3. The molecule has 0 bridgehead atoms. The van der Waals surface area contributed by atoms with E-state index in [1.165, 1.54) is 30.3 Å². The molecule has 3 N–H and O–H groups in total. The number of carboxylic acids is 2. The van der Waals surface area contributed by atoms with Crippen LogP contribution in [-0.4, -0.2) is 50.6 Å². The van der Waals surface area contributed by atoms with Crippen molar-refractivity contribution in [1.82, 2.24) is 4.90 Å². The molecule has 3 amide bonds. The van der Waals surface area contributed by atoms with E-state index in [1.807, 2.05) is 0 Å². The first-order valence-electron chi connectivity index (χ1n) is 10.1. The summed E-state index contributed by atoms with van der Waals surface area (Å²) in [5.74, 6) is -3.48. The lowest BCUT2D eigenvalue weighted by Crippen LogP contribution is -2.36. The van der Waals surface area contributed by atoms with Gasteiger partial charge in [0.15, 0.2) is 0 Å². The smallest absolute Gasteiger partial charge is 0.335 e. The Labute approximate surface area is 215 Å². The normalized spacial score (nSPS) is 14.4. The number of anilines is 1. The zero-order valence-corrected chi connectivity index (χ0v) is 20.5. The summed E-state index contributed by atoms with van der Waals surface area (Å²) in [6.45, 7) is -0.471. The number of hydrogen-bond donors (Lipinski definition) is 3. The minimum atomic E-state index is -1.30. The molecule has 182 valence electrons. The first kappa shape index (κ1) is 24.9. The molecule has 1 aliphatic rings. The van der Waals surface area contributed by atoms with Crippen molar-refractivity contribution in [2.45, 2.75) is 0 Å². The van der Waals surface area contributed by atoms with E-state index in [9.17, 15) is 34.2 Å². The topological polar surface area (TPSA) is 154 Å². The largest absolute Gasteiger partial charge is 0.478 e. The fourth-order valence-electron chi connectivity index (χ4n) is 3.25. The average Bonchev–Trinajstić information content (AvgIpc) is 3.40. The number of nitrogens with zero attached hydrogens (tertiary/aromatic N) is 1. The van der Waals surface area contributed by atoms with Gasteiger partial charge in [0.1, 0.15) is 18.1 Å². The van der Waals surface area contributed by atoms with Crippen LogP contribution in [0.2, 0.25) is 0 Å². The molecule has 0 saturated carbocycles. The van der Waals surface area contributed by atoms with Crippen LogP contribution in [0.4, 0.5) is 10.5 Å². The fourth-order valence-corrected chi connectivity index (χ4v) is 4.33. The maximum Gasteiger partial charge on any atom is 0.335 e. The van der Waals surface area contributed by atoms with Crippen LogP contribution in [0, 0.1) is 0 Å². The number of halogens is 1. The second-order valence-corrected chi connectivity index (χ2v) is 9.34. The Kier molecular flexibility index (Phi) is 7.08. The lowest BCUT2D eigenvalue weighted by atomic mass is 10.0. The van der Waals surface area contributed by atoms with Crippen molar-refractivity contribution in [2.24, 2.45) is 0 Å². The van der Waals surface area contributed by atoms with Gasteiger partial charge < -0.3 is 19.9 Å². The van der Waals surface area contributed by atoms with Gasteiger partial charge in [0, 0.05) is 21.8 Å². The minimum Gasteiger partial charge on any atom is -0.478 e. The van der Waals surface area contributed by atoms with E-state index in [-0.39, 0.29) is 33.1 Å². The molecule has 1 aromatic heterocycles. The number of hydrogen-bond acceptors (Lipinski definition) is 7. The maximum atomic E-state index is 12.7. The Morgan fingerprint density at radius 2 is 1.61 bits per heavy atom. The summed E-state index contributed by atoms with van der Waals surface area (Å²) in [7, 11) is 0. The average molecular weight is 571 g/mol. The molecule has 0 atom stereocenters. The molecule has 0 radical (unpaired) electrons. The Morgan fingerprint density at radius 3 is 2.22 bits per heavy atom. The van der Waals surface area contributed by atoms with Crippen molar-refractivity contribution in [2.75, 3.05) is 11.9 Å². The van der Waals surface area contributed by atoms with Crippen molar-refractivity contribution in [3.05, 3.63) is 80.9 Å². The van der Waals surface area contributed by atoms with Gasteiger partial charge >= 0.3 is 11.9 Å². The molecule has 0 unspecified atom stereocenters. The number of carbonyl (C=O) groups excluding carboxylic acids is 3. The summed E-state index contributed by atoms with van der Waals surface area (Å²) in [6.07, 6.45) is 1.32. The number of aromatic carboxylic acids is 2. The Morgan fingerprint density at radius 1 is 0.972 bits per heavy atom. The van der Waals surface area contributed by atoms with Gasteiger partial charge in [0.2, 0.25) is 5.91 Å². The SMILES string of the molecule is O=C(CN1C(=O)S/C(=C/c2ccc(-c3cc(C(=O)O)cc(C(=O)O)c3)o2)C1=O)Nc1ccc(Br)cc1. The second kappa shape index (κ2) is 10.2. The number of rotatable bonds is 7. The van der Waals surface area contributed by atoms with E-state index in [4.69, 9.17) is 4.42 Å². The predicted molar refractivity (Wildman–Crippen MR) is 134 cm³/mol.